The Balaban J connectivity index is 1.51. The molecule has 5 heteroatoms. The number of carbonyl (C=O) groups is 1. The zero-order valence-corrected chi connectivity index (χ0v) is 15.5. The fourth-order valence-electron chi connectivity index (χ4n) is 3.72. The van der Waals surface area contributed by atoms with Crippen molar-refractivity contribution < 1.29 is 19.7 Å². The number of carboxylic acid groups (broad SMARTS) is 1. The number of hydrogen-bond donors (Lipinski definition) is 2. The zero-order chi connectivity index (χ0) is 19.1. The number of aliphatic hydroxyl groups excluding tert-OH is 1. The first-order valence-corrected chi connectivity index (χ1v) is 9.46. The highest BCUT2D eigenvalue weighted by molar-refractivity contribution is 5.76. The van der Waals surface area contributed by atoms with Crippen molar-refractivity contribution in [3.8, 4) is 5.75 Å². The Kier molecular flexibility index (Phi) is 6.48. The van der Waals surface area contributed by atoms with E-state index < -0.39 is 17.5 Å². The topological polar surface area (TPSA) is 70.0 Å². The Bertz CT molecular complexity index is 722. The second kappa shape index (κ2) is 9.02. The molecule has 5 nitrogen and oxygen atoms in total. The van der Waals surface area contributed by atoms with E-state index in [-0.39, 0.29) is 0 Å². The van der Waals surface area contributed by atoms with Crippen LogP contribution in [0.5, 0.6) is 5.75 Å². The van der Waals surface area contributed by atoms with Gasteiger partial charge < -0.3 is 19.8 Å². The van der Waals surface area contributed by atoms with E-state index in [1.54, 1.807) is 0 Å². The highest BCUT2D eigenvalue weighted by Gasteiger charge is 2.48. The average molecular weight is 369 g/mol. The molecule has 0 spiro atoms. The van der Waals surface area contributed by atoms with Gasteiger partial charge in [0.2, 0.25) is 0 Å². The van der Waals surface area contributed by atoms with Gasteiger partial charge in [0.25, 0.3) is 0 Å². The fourth-order valence-corrected chi connectivity index (χ4v) is 3.72. The molecule has 1 aliphatic heterocycles. The molecule has 0 amide bonds. The van der Waals surface area contributed by atoms with Crippen molar-refractivity contribution in [2.75, 3.05) is 26.2 Å². The van der Waals surface area contributed by atoms with Crippen molar-refractivity contribution in [2.24, 2.45) is 5.41 Å². The first-order chi connectivity index (χ1) is 13.1. The maximum absolute atomic E-state index is 12.0. The van der Waals surface area contributed by atoms with Crippen molar-refractivity contribution in [2.45, 2.75) is 25.4 Å². The van der Waals surface area contributed by atoms with Crippen LogP contribution in [0.25, 0.3) is 0 Å². The molecule has 2 N–H and O–H groups in total. The van der Waals surface area contributed by atoms with Gasteiger partial charge in [0.1, 0.15) is 11.2 Å². The van der Waals surface area contributed by atoms with E-state index in [0.29, 0.717) is 32.5 Å². The highest BCUT2D eigenvalue weighted by Crippen LogP contribution is 2.36. The van der Waals surface area contributed by atoms with Crippen molar-refractivity contribution in [1.29, 1.82) is 0 Å². The minimum absolute atomic E-state index is 0.356. The van der Waals surface area contributed by atoms with E-state index in [2.05, 4.69) is 4.90 Å². The van der Waals surface area contributed by atoms with Crippen molar-refractivity contribution in [1.82, 2.24) is 4.90 Å². The second-order valence-electron chi connectivity index (χ2n) is 7.21. The van der Waals surface area contributed by atoms with Crippen LogP contribution < -0.4 is 4.74 Å². The molecular weight excluding hydrogens is 342 g/mol. The minimum atomic E-state index is -1.11. The number of ether oxygens (including phenoxy) is 1. The van der Waals surface area contributed by atoms with Crippen LogP contribution in [0.15, 0.2) is 60.7 Å². The SMILES string of the molecule is O=C(O)[C@@]1(Cc2ccccc2)CCN(CCCOc2ccccc2)C[C@@H]1O. The maximum atomic E-state index is 12.0. The molecule has 0 aromatic heterocycles. The average Bonchev–Trinajstić information content (AvgIpc) is 2.69. The number of piperidine rings is 1. The van der Waals surface area contributed by atoms with Gasteiger partial charge in [-0.2, -0.15) is 0 Å². The molecule has 144 valence electrons. The second-order valence-corrected chi connectivity index (χ2v) is 7.21. The van der Waals surface area contributed by atoms with Crippen LogP contribution in [0, 0.1) is 5.41 Å². The molecule has 0 aliphatic carbocycles. The zero-order valence-electron chi connectivity index (χ0n) is 15.5. The Morgan fingerprint density at radius 1 is 1.11 bits per heavy atom. The number of β-amino-alcohol motifs (C(OH)–C–C–N with tert-alkyl or cyclic N) is 1. The number of carboxylic acids is 1. The Hall–Kier alpha value is -2.37. The maximum Gasteiger partial charge on any atom is 0.312 e. The number of aliphatic carboxylic acids is 1. The summed E-state index contributed by atoms with van der Waals surface area (Å²) >= 11 is 0. The molecule has 1 fully saturated rings. The lowest BCUT2D eigenvalue weighted by molar-refractivity contribution is -0.162. The van der Waals surface area contributed by atoms with Crippen LogP contribution in [-0.2, 0) is 11.2 Å². The normalized spacial score (nSPS) is 23.1. The third-order valence-corrected chi connectivity index (χ3v) is 5.36. The van der Waals surface area contributed by atoms with Crippen molar-refractivity contribution >= 4 is 5.97 Å². The third-order valence-electron chi connectivity index (χ3n) is 5.36. The molecule has 0 bridgehead atoms. The lowest BCUT2D eigenvalue weighted by atomic mass is 9.71. The van der Waals surface area contributed by atoms with E-state index in [4.69, 9.17) is 4.74 Å². The monoisotopic (exact) mass is 369 g/mol. The molecule has 3 rings (SSSR count). The smallest absolute Gasteiger partial charge is 0.312 e. The lowest BCUT2D eigenvalue weighted by Crippen LogP contribution is -2.56. The van der Waals surface area contributed by atoms with Gasteiger partial charge in [0.05, 0.1) is 12.7 Å². The summed E-state index contributed by atoms with van der Waals surface area (Å²) < 4.78 is 5.70. The largest absolute Gasteiger partial charge is 0.494 e. The summed E-state index contributed by atoms with van der Waals surface area (Å²) in [6.07, 6.45) is 0.743. The van der Waals surface area contributed by atoms with Crippen LogP contribution in [0.1, 0.15) is 18.4 Å². The van der Waals surface area contributed by atoms with Gasteiger partial charge in [-0.3, -0.25) is 4.79 Å². The van der Waals surface area contributed by atoms with Crippen molar-refractivity contribution in [3.05, 3.63) is 66.2 Å². The van der Waals surface area contributed by atoms with Gasteiger partial charge in [-0.05, 0) is 43.5 Å². The van der Waals surface area contributed by atoms with Gasteiger partial charge in [0, 0.05) is 13.1 Å². The third kappa shape index (κ3) is 4.87. The van der Waals surface area contributed by atoms with E-state index in [1.807, 2.05) is 60.7 Å². The molecule has 1 heterocycles. The molecule has 27 heavy (non-hydrogen) atoms. The number of hydrogen-bond acceptors (Lipinski definition) is 4. The standard InChI is InChI=1S/C22H27NO4/c24-20-17-23(13-7-15-27-19-10-5-2-6-11-19)14-12-22(20,21(25)26)16-18-8-3-1-4-9-18/h1-6,8-11,20,24H,7,12-17H2,(H,25,26)/t20-,22+/m0/s1. The number of nitrogens with zero attached hydrogens (tertiary/aromatic N) is 1. The first-order valence-electron chi connectivity index (χ1n) is 9.46. The Morgan fingerprint density at radius 3 is 2.41 bits per heavy atom. The summed E-state index contributed by atoms with van der Waals surface area (Å²) in [5, 5.41) is 20.6. The summed E-state index contributed by atoms with van der Waals surface area (Å²) in [4.78, 5) is 14.1. The van der Waals surface area contributed by atoms with Crippen LogP contribution >= 0.6 is 0 Å². The summed E-state index contributed by atoms with van der Waals surface area (Å²) in [7, 11) is 0. The van der Waals surface area contributed by atoms with Crippen LogP contribution in [0.3, 0.4) is 0 Å². The Labute approximate surface area is 160 Å². The van der Waals surface area contributed by atoms with Gasteiger partial charge in [-0.25, -0.2) is 0 Å². The Morgan fingerprint density at radius 2 is 1.78 bits per heavy atom. The summed E-state index contributed by atoms with van der Waals surface area (Å²) in [5.41, 5.74) is -0.165. The number of benzene rings is 2. The minimum Gasteiger partial charge on any atom is -0.494 e. The molecule has 2 aromatic carbocycles. The summed E-state index contributed by atoms with van der Waals surface area (Å²) in [6, 6.07) is 19.2. The van der Waals surface area contributed by atoms with E-state index in [0.717, 1.165) is 24.3 Å². The first kappa shape index (κ1) is 19.4. The fraction of sp³-hybridized carbons (Fsp3) is 0.409. The highest BCUT2D eigenvalue weighted by atomic mass is 16.5. The predicted molar refractivity (Wildman–Crippen MR) is 104 cm³/mol. The number of rotatable bonds is 8. The molecule has 1 aliphatic rings. The van der Waals surface area contributed by atoms with Crippen LogP contribution in [0.2, 0.25) is 0 Å². The number of aliphatic hydroxyl groups is 1. The molecule has 1 saturated heterocycles. The quantitative estimate of drug-likeness (QED) is 0.700. The number of para-hydroxylation sites is 1. The predicted octanol–water partition coefficient (Wildman–Crippen LogP) is 2.84. The van der Waals surface area contributed by atoms with E-state index >= 15 is 0 Å². The van der Waals surface area contributed by atoms with Crippen molar-refractivity contribution in [3.63, 3.8) is 0 Å². The van der Waals surface area contributed by atoms with E-state index in [9.17, 15) is 15.0 Å². The lowest BCUT2D eigenvalue weighted by Gasteiger charge is -2.43. The molecule has 0 unspecified atom stereocenters. The molecule has 2 atom stereocenters. The van der Waals surface area contributed by atoms with Gasteiger partial charge in [-0.15, -0.1) is 0 Å². The van der Waals surface area contributed by atoms with Gasteiger partial charge in [0.15, 0.2) is 0 Å². The van der Waals surface area contributed by atoms with Crippen LogP contribution in [-0.4, -0.2) is 53.4 Å². The van der Waals surface area contributed by atoms with E-state index in [1.165, 1.54) is 0 Å². The molecule has 2 aromatic rings. The number of likely N-dealkylation sites (tertiary alicyclic amines) is 1. The molecule has 0 radical (unpaired) electrons. The summed E-state index contributed by atoms with van der Waals surface area (Å²) in [6.45, 7) is 2.43. The van der Waals surface area contributed by atoms with Gasteiger partial charge in [-0.1, -0.05) is 48.5 Å². The summed E-state index contributed by atoms with van der Waals surface area (Å²) in [5.74, 6) is -0.0603. The molecule has 0 saturated carbocycles. The van der Waals surface area contributed by atoms with Gasteiger partial charge >= 0.3 is 5.97 Å². The van der Waals surface area contributed by atoms with Crippen LogP contribution in [0.4, 0.5) is 0 Å². The molecular formula is C22H27NO4.